The Balaban J connectivity index is 2.50. The van der Waals surface area contributed by atoms with E-state index in [1.165, 1.54) is 0 Å². The van der Waals surface area contributed by atoms with Crippen molar-refractivity contribution in [2.75, 3.05) is 0 Å². The number of hydrogen-bond donors (Lipinski definition) is 2. The molecule has 76 valence electrons. The molecule has 0 atom stereocenters. The van der Waals surface area contributed by atoms with Crippen LogP contribution in [0.25, 0.3) is 0 Å². The van der Waals surface area contributed by atoms with Crippen molar-refractivity contribution in [3.8, 4) is 0 Å². The van der Waals surface area contributed by atoms with Crippen molar-refractivity contribution >= 4 is 17.8 Å². The van der Waals surface area contributed by atoms with Crippen molar-refractivity contribution in [2.24, 2.45) is 5.92 Å². The first-order valence-corrected chi connectivity index (χ1v) is 4.41. The van der Waals surface area contributed by atoms with E-state index in [2.05, 4.69) is 17.2 Å². The largest absolute Gasteiger partial charge is 0.328 e. The molecule has 0 aromatic rings. The van der Waals surface area contributed by atoms with Gasteiger partial charge in [-0.15, -0.1) is 6.58 Å². The number of carbonyl (C=O) groups is 3. The van der Waals surface area contributed by atoms with Crippen LogP contribution in [0.3, 0.4) is 0 Å². The molecule has 14 heavy (non-hydrogen) atoms. The fourth-order valence-electron chi connectivity index (χ4n) is 1.28. The number of unbranched alkanes of at least 4 members (excludes halogenated alkanes) is 1. The van der Waals surface area contributed by atoms with Crippen LogP contribution in [-0.2, 0) is 9.59 Å². The second-order valence-electron chi connectivity index (χ2n) is 3.08. The highest BCUT2D eigenvalue weighted by atomic mass is 16.2. The zero-order valence-corrected chi connectivity index (χ0v) is 7.71. The van der Waals surface area contributed by atoms with E-state index in [0.29, 0.717) is 12.8 Å². The van der Waals surface area contributed by atoms with Gasteiger partial charge in [-0.1, -0.05) is 6.08 Å². The quantitative estimate of drug-likeness (QED) is 0.386. The molecule has 5 nitrogen and oxygen atoms in total. The first kappa shape index (κ1) is 10.4. The van der Waals surface area contributed by atoms with Crippen molar-refractivity contribution in [3.63, 3.8) is 0 Å². The number of rotatable bonds is 4. The third-order valence-electron chi connectivity index (χ3n) is 2.01. The highest BCUT2D eigenvalue weighted by molar-refractivity contribution is 6.16. The summed E-state index contributed by atoms with van der Waals surface area (Å²) >= 11 is 0. The van der Waals surface area contributed by atoms with Crippen LogP contribution in [-0.4, -0.2) is 17.8 Å². The molecule has 0 saturated carbocycles. The first-order valence-electron chi connectivity index (χ1n) is 4.41. The van der Waals surface area contributed by atoms with Crippen LogP contribution in [0.4, 0.5) is 4.79 Å². The molecule has 0 aliphatic carbocycles. The average Bonchev–Trinajstić information content (AvgIpc) is 2.09. The summed E-state index contributed by atoms with van der Waals surface area (Å²) in [5, 5.41) is 4.10. The normalized spacial score (nSPS) is 17.6. The van der Waals surface area contributed by atoms with E-state index in [4.69, 9.17) is 0 Å². The fourth-order valence-corrected chi connectivity index (χ4v) is 1.28. The van der Waals surface area contributed by atoms with Gasteiger partial charge in [0.05, 0.1) is 0 Å². The number of carbonyl (C=O) groups excluding carboxylic acids is 3. The van der Waals surface area contributed by atoms with Crippen LogP contribution in [0, 0.1) is 5.92 Å². The molecular formula is C9H12N2O3. The van der Waals surface area contributed by atoms with Crippen LogP contribution < -0.4 is 10.6 Å². The monoisotopic (exact) mass is 196 g/mol. The lowest BCUT2D eigenvalue weighted by molar-refractivity contribution is -0.136. The highest BCUT2D eigenvalue weighted by Crippen LogP contribution is 2.11. The summed E-state index contributed by atoms with van der Waals surface area (Å²) in [7, 11) is 0. The van der Waals surface area contributed by atoms with Crippen LogP contribution in [0.2, 0.25) is 0 Å². The molecule has 0 unspecified atom stereocenters. The van der Waals surface area contributed by atoms with Gasteiger partial charge in [-0.2, -0.15) is 0 Å². The number of urea groups is 1. The van der Waals surface area contributed by atoms with Gasteiger partial charge in [0, 0.05) is 0 Å². The van der Waals surface area contributed by atoms with Crippen molar-refractivity contribution in [2.45, 2.75) is 19.3 Å². The predicted octanol–water partition coefficient (Wildman–Crippen LogP) is 0.325. The van der Waals surface area contributed by atoms with E-state index in [0.717, 1.165) is 6.42 Å². The Morgan fingerprint density at radius 2 is 1.79 bits per heavy atom. The first-order chi connectivity index (χ1) is 6.65. The summed E-state index contributed by atoms with van der Waals surface area (Å²) in [4.78, 5) is 33.1. The molecular weight excluding hydrogens is 184 g/mol. The second-order valence-corrected chi connectivity index (χ2v) is 3.08. The maximum absolute atomic E-state index is 11.2. The van der Waals surface area contributed by atoms with E-state index < -0.39 is 23.8 Å². The van der Waals surface area contributed by atoms with Crippen LogP contribution >= 0.6 is 0 Å². The van der Waals surface area contributed by atoms with Gasteiger partial charge in [0.1, 0.15) is 5.92 Å². The summed E-state index contributed by atoms with van der Waals surface area (Å²) in [6.07, 6.45) is 3.63. The molecule has 1 aliphatic heterocycles. The van der Waals surface area contributed by atoms with Gasteiger partial charge in [-0.05, 0) is 19.3 Å². The highest BCUT2D eigenvalue weighted by Gasteiger charge is 2.33. The minimum atomic E-state index is -0.743. The molecule has 1 aliphatic rings. The SMILES string of the molecule is C=CCCCC1C(=O)NC(=O)NC1=O. The minimum Gasteiger partial charge on any atom is -0.277 e. The third-order valence-corrected chi connectivity index (χ3v) is 2.01. The van der Waals surface area contributed by atoms with E-state index in [9.17, 15) is 14.4 Å². The standard InChI is InChI=1S/C9H12N2O3/c1-2-3-4-5-6-7(12)10-9(14)11-8(6)13/h2,6H,1,3-5H2,(H2,10,11,12,13,14). The van der Waals surface area contributed by atoms with E-state index in [-0.39, 0.29) is 0 Å². The second kappa shape index (κ2) is 4.55. The zero-order chi connectivity index (χ0) is 10.6. The minimum absolute atomic E-state index is 0.441. The van der Waals surface area contributed by atoms with E-state index >= 15 is 0 Å². The molecule has 0 spiro atoms. The molecule has 0 aromatic carbocycles. The maximum Gasteiger partial charge on any atom is 0.328 e. The Morgan fingerprint density at radius 1 is 1.21 bits per heavy atom. The number of barbiturate groups is 1. The summed E-state index contributed by atoms with van der Waals surface area (Å²) < 4.78 is 0. The Morgan fingerprint density at radius 3 is 2.29 bits per heavy atom. The molecule has 0 aromatic heterocycles. The van der Waals surface area contributed by atoms with Gasteiger partial charge in [-0.25, -0.2) is 4.79 Å². The smallest absolute Gasteiger partial charge is 0.277 e. The van der Waals surface area contributed by atoms with Gasteiger partial charge < -0.3 is 0 Å². The molecule has 0 bridgehead atoms. The van der Waals surface area contributed by atoms with Gasteiger partial charge in [-0.3, -0.25) is 20.2 Å². The summed E-state index contributed by atoms with van der Waals surface area (Å²) in [6.45, 7) is 3.54. The molecule has 1 rings (SSSR count). The van der Waals surface area contributed by atoms with Crippen molar-refractivity contribution in [3.05, 3.63) is 12.7 Å². The Labute approximate surface area is 81.5 Å². The fraction of sp³-hybridized carbons (Fsp3) is 0.444. The predicted molar refractivity (Wildman–Crippen MR) is 49.2 cm³/mol. The Hall–Kier alpha value is -1.65. The lowest BCUT2D eigenvalue weighted by Gasteiger charge is -2.19. The lowest BCUT2D eigenvalue weighted by Crippen LogP contribution is -2.55. The Kier molecular flexibility index (Phi) is 3.39. The third kappa shape index (κ3) is 2.42. The summed E-state index contributed by atoms with van der Waals surface area (Å²) in [6, 6.07) is -0.736. The summed E-state index contributed by atoms with van der Waals surface area (Å²) in [5.74, 6) is -1.77. The topological polar surface area (TPSA) is 75.3 Å². The molecule has 0 radical (unpaired) electrons. The number of hydrogen-bond acceptors (Lipinski definition) is 3. The van der Waals surface area contributed by atoms with Gasteiger partial charge >= 0.3 is 6.03 Å². The molecule has 1 fully saturated rings. The molecule has 5 heteroatoms. The van der Waals surface area contributed by atoms with E-state index in [1.807, 2.05) is 0 Å². The number of allylic oxidation sites excluding steroid dienone is 1. The van der Waals surface area contributed by atoms with Crippen LogP contribution in [0.1, 0.15) is 19.3 Å². The molecule has 1 saturated heterocycles. The molecule has 2 N–H and O–H groups in total. The molecule has 4 amide bonds. The lowest BCUT2D eigenvalue weighted by atomic mass is 9.99. The van der Waals surface area contributed by atoms with Gasteiger partial charge in [0.25, 0.3) is 0 Å². The van der Waals surface area contributed by atoms with Crippen molar-refractivity contribution < 1.29 is 14.4 Å². The average molecular weight is 196 g/mol. The summed E-state index contributed by atoms with van der Waals surface area (Å²) in [5.41, 5.74) is 0. The van der Waals surface area contributed by atoms with Crippen LogP contribution in [0.15, 0.2) is 12.7 Å². The maximum atomic E-state index is 11.2. The van der Waals surface area contributed by atoms with Crippen molar-refractivity contribution in [1.29, 1.82) is 0 Å². The number of nitrogens with one attached hydrogen (secondary N) is 2. The van der Waals surface area contributed by atoms with Crippen LogP contribution in [0.5, 0.6) is 0 Å². The molecule has 1 heterocycles. The van der Waals surface area contributed by atoms with Gasteiger partial charge in [0.15, 0.2) is 0 Å². The Bertz CT molecular complexity index is 266. The zero-order valence-electron chi connectivity index (χ0n) is 7.71. The van der Waals surface area contributed by atoms with Crippen molar-refractivity contribution in [1.82, 2.24) is 10.6 Å². The number of imide groups is 2. The van der Waals surface area contributed by atoms with Gasteiger partial charge in [0.2, 0.25) is 11.8 Å². The van der Waals surface area contributed by atoms with E-state index in [1.54, 1.807) is 6.08 Å². The number of amides is 4.